The average Bonchev–Trinajstić information content (AvgIpc) is 3.27. The second-order valence-corrected chi connectivity index (χ2v) is 7.91. The van der Waals surface area contributed by atoms with Gasteiger partial charge in [0.1, 0.15) is 5.75 Å². The van der Waals surface area contributed by atoms with Crippen molar-refractivity contribution in [3.05, 3.63) is 70.4 Å². The molecule has 0 unspecified atom stereocenters. The third-order valence-corrected chi connectivity index (χ3v) is 4.87. The first-order valence-corrected chi connectivity index (χ1v) is 9.78. The van der Waals surface area contributed by atoms with Crippen LogP contribution < -0.4 is 4.74 Å². The Kier molecular flexibility index (Phi) is 6.96. The maximum Gasteiger partial charge on any atom is 0.193 e. The average molecular weight is 417 g/mol. The molecule has 1 fully saturated rings. The first-order chi connectivity index (χ1) is 13.9. The van der Waals surface area contributed by atoms with Crippen LogP contribution in [0.5, 0.6) is 5.75 Å². The van der Waals surface area contributed by atoms with Crippen molar-refractivity contribution in [2.75, 3.05) is 26.9 Å². The van der Waals surface area contributed by atoms with Gasteiger partial charge in [-0.25, -0.2) is 0 Å². The molecule has 3 rings (SSSR count). The molecule has 0 saturated carbocycles. The molecule has 6 heteroatoms. The SMILES string of the molecule is COC=Cc1cc(C(=O)c2ccc(Cl)cc2)ccc1OCC(C)(C)C1OCCO1. The lowest BCUT2D eigenvalue weighted by molar-refractivity contribution is -0.131. The van der Waals surface area contributed by atoms with Gasteiger partial charge in [0.2, 0.25) is 0 Å². The zero-order chi connectivity index (χ0) is 20.9. The van der Waals surface area contributed by atoms with Crippen molar-refractivity contribution in [3.63, 3.8) is 0 Å². The fourth-order valence-electron chi connectivity index (χ4n) is 3.00. The molecule has 2 aromatic carbocycles. The normalized spacial score (nSPS) is 15.0. The molecule has 0 amide bonds. The highest BCUT2D eigenvalue weighted by atomic mass is 35.5. The molecule has 0 spiro atoms. The van der Waals surface area contributed by atoms with Crippen molar-refractivity contribution in [1.29, 1.82) is 0 Å². The summed E-state index contributed by atoms with van der Waals surface area (Å²) in [6.45, 7) is 5.66. The van der Waals surface area contributed by atoms with Gasteiger partial charge >= 0.3 is 0 Å². The van der Waals surface area contributed by atoms with Crippen LogP contribution in [0.4, 0.5) is 0 Å². The molecule has 154 valence electrons. The first-order valence-electron chi connectivity index (χ1n) is 9.40. The Hall–Kier alpha value is -2.34. The van der Waals surface area contributed by atoms with Gasteiger partial charge in [0.25, 0.3) is 0 Å². The van der Waals surface area contributed by atoms with Crippen molar-refractivity contribution in [2.24, 2.45) is 5.41 Å². The third-order valence-electron chi connectivity index (χ3n) is 4.62. The van der Waals surface area contributed by atoms with Crippen LogP contribution in [0.3, 0.4) is 0 Å². The van der Waals surface area contributed by atoms with E-state index in [0.717, 1.165) is 5.56 Å². The van der Waals surface area contributed by atoms with Gasteiger partial charge in [-0.05, 0) is 48.5 Å². The fraction of sp³-hybridized carbons (Fsp3) is 0.348. The van der Waals surface area contributed by atoms with Gasteiger partial charge in [-0.15, -0.1) is 0 Å². The monoisotopic (exact) mass is 416 g/mol. The Morgan fingerprint density at radius 2 is 1.79 bits per heavy atom. The van der Waals surface area contributed by atoms with E-state index in [2.05, 4.69) is 0 Å². The molecule has 1 saturated heterocycles. The minimum absolute atomic E-state index is 0.0895. The van der Waals surface area contributed by atoms with E-state index in [9.17, 15) is 4.79 Å². The molecule has 29 heavy (non-hydrogen) atoms. The van der Waals surface area contributed by atoms with Crippen LogP contribution in [0.2, 0.25) is 5.02 Å². The number of carbonyl (C=O) groups is 1. The summed E-state index contributed by atoms with van der Waals surface area (Å²) in [7, 11) is 1.57. The van der Waals surface area contributed by atoms with Crippen molar-refractivity contribution in [2.45, 2.75) is 20.1 Å². The van der Waals surface area contributed by atoms with Gasteiger partial charge < -0.3 is 18.9 Å². The van der Waals surface area contributed by atoms with E-state index in [1.807, 2.05) is 13.8 Å². The van der Waals surface area contributed by atoms with Gasteiger partial charge in [-0.1, -0.05) is 25.4 Å². The largest absolute Gasteiger partial charge is 0.504 e. The minimum Gasteiger partial charge on any atom is -0.504 e. The highest BCUT2D eigenvalue weighted by Gasteiger charge is 2.35. The smallest absolute Gasteiger partial charge is 0.193 e. The molecule has 0 aromatic heterocycles. The molecule has 1 heterocycles. The summed E-state index contributed by atoms with van der Waals surface area (Å²) in [5.41, 5.74) is 1.55. The van der Waals surface area contributed by atoms with Crippen LogP contribution in [0, 0.1) is 5.41 Å². The second kappa shape index (κ2) is 9.44. The molecule has 5 nitrogen and oxygen atoms in total. The van der Waals surface area contributed by atoms with Gasteiger partial charge in [0.15, 0.2) is 12.1 Å². The summed E-state index contributed by atoms with van der Waals surface area (Å²) in [6, 6.07) is 12.2. The molecule has 0 atom stereocenters. The van der Waals surface area contributed by atoms with Gasteiger partial charge in [-0.2, -0.15) is 0 Å². The van der Waals surface area contributed by atoms with E-state index in [0.29, 0.717) is 41.7 Å². The number of rotatable bonds is 8. The first kappa shape index (κ1) is 21.4. The standard InChI is InChI=1S/C23H25ClO5/c1-23(2,22-27-12-13-28-22)15-29-20-9-6-18(14-17(20)10-11-26-3)21(25)16-4-7-19(24)8-5-16/h4-11,14,22H,12-13,15H2,1-3H3. The number of carbonyl (C=O) groups excluding carboxylic acids is 1. The summed E-state index contributed by atoms with van der Waals surface area (Å²) in [4.78, 5) is 12.8. The lowest BCUT2D eigenvalue weighted by Gasteiger charge is -2.29. The summed E-state index contributed by atoms with van der Waals surface area (Å²) < 4.78 is 22.4. The number of benzene rings is 2. The number of hydrogen-bond acceptors (Lipinski definition) is 5. The van der Waals surface area contributed by atoms with Gasteiger partial charge in [-0.3, -0.25) is 4.79 Å². The highest BCUT2D eigenvalue weighted by molar-refractivity contribution is 6.30. The Morgan fingerprint density at radius 1 is 1.14 bits per heavy atom. The zero-order valence-electron chi connectivity index (χ0n) is 16.8. The van der Waals surface area contributed by atoms with Gasteiger partial charge in [0, 0.05) is 27.1 Å². The van der Waals surface area contributed by atoms with E-state index in [-0.39, 0.29) is 17.5 Å². The Labute approximate surface area is 176 Å². The van der Waals surface area contributed by atoms with Crippen LogP contribution >= 0.6 is 11.6 Å². The summed E-state index contributed by atoms with van der Waals surface area (Å²) in [5, 5.41) is 0.590. The van der Waals surface area contributed by atoms with Crippen LogP contribution in [0.25, 0.3) is 6.08 Å². The molecule has 2 aromatic rings. The maximum absolute atomic E-state index is 12.8. The van der Waals surface area contributed by atoms with Crippen molar-refractivity contribution in [1.82, 2.24) is 0 Å². The molecule has 1 aliphatic heterocycles. The Balaban J connectivity index is 1.81. The quantitative estimate of drug-likeness (QED) is 0.449. The zero-order valence-corrected chi connectivity index (χ0v) is 17.6. The van der Waals surface area contributed by atoms with Crippen LogP contribution in [-0.4, -0.2) is 39.0 Å². The second-order valence-electron chi connectivity index (χ2n) is 7.48. The van der Waals surface area contributed by atoms with Crippen LogP contribution in [-0.2, 0) is 14.2 Å². The van der Waals surface area contributed by atoms with Crippen molar-refractivity contribution < 1.29 is 23.7 Å². The van der Waals surface area contributed by atoms with E-state index >= 15 is 0 Å². The predicted octanol–water partition coefficient (Wildman–Crippen LogP) is 4.97. The number of ketones is 1. The minimum atomic E-state index is -0.323. The lowest BCUT2D eigenvalue weighted by Crippen LogP contribution is -2.36. The molecule has 0 bridgehead atoms. The molecular formula is C23H25ClO5. The van der Waals surface area contributed by atoms with E-state index < -0.39 is 0 Å². The molecular weight excluding hydrogens is 392 g/mol. The Bertz CT molecular complexity index is 867. The van der Waals surface area contributed by atoms with Crippen LogP contribution in [0.15, 0.2) is 48.7 Å². The van der Waals surface area contributed by atoms with Crippen molar-refractivity contribution in [3.8, 4) is 5.75 Å². The maximum atomic E-state index is 12.8. The summed E-state index contributed by atoms with van der Waals surface area (Å²) in [5.74, 6) is 0.561. The number of halogens is 1. The summed E-state index contributed by atoms with van der Waals surface area (Å²) in [6.07, 6.45) is 3.02. The number of ether oxygens (including phenoxy) is 4. The van der Waals surface area contributed by atoms with E-state index in [1.165, 1.54) is 0 Å². The molecule has 1 aliphatic rings. The Morgan fingerprint density at radius 3 is 2.45 bits per heavy atom. The highest BCUT2D eigenvalue weighted by Crippen LogP contribution is 2.30. The fourth-order valence-corrected chi connectivity index (χ4v) is 3.13. The van der Waals surface area contributed by atoms with E-state index in [1.54, 1.807) is 61.9 Å². The van der Waals surface area contributed by atoms with Crippen molar-refractivity contribution >= 4 is 23.5 Å². The predicted molar refractivity (Wildman–Crippen MR) is 112 cm³/mol. The topological polar surface area (TPSA) is 54.0 Å². The van der Waals surface area contributed by atoms with Crippen LogP contribution in [0.1, 0.15) is 35.3 Å². The summed E-state index contributed by atoms with van der Waals surface area (Å²) >= 11 is 5.92. The molecule has 0 N–H and O–H groups in total. The third kappa shape index (κ3) is 5.38. The van der Waals surface area contributed by atoms with E-state index in [4.69, 9.17) is 30.5 Å². The number of hydrogen-bond donors (Lipinski definition) is 0. The van der Waals surface area contributed by atoms with Gasteiger partial charge in [0.05, 0.1) is 33.2 Å². The lowest BCUT2D eigenvalue weighted by atomic mass is 9.94. The molecule has 0 aliphatic carbocycles. The number of methoxy groups -OCH3 is 1. The molecule has 0 radical (unpaired) electrons.